The van der Waals surface area contributed by atoms with Crippen molar-refractivity contribution in [1.82, 2.24) is 0 Å². The molecular weight excluding hydrogens is 144 g/mol. The van der Waals surface area contributed by atoms with Crippen molar-refractivity contribution in [3.05, 3.63) is 41.0 Å². The molecule has 0 nitrogen and oxygen atoms in total. The topological polar surface area (TPSA) is 0 Å². The average molecular weight is 160 g/mol. The van der Waals surface area contributed by atoms with Crippen LogP contribution in [-0.4, -0.2) is 0 Å². The lowest BCUT2D eigenvalue weighted by Gasteiger charge is -2.03. The van der Waals surface area contributed by atoms with Gasteiger partial charge in [0.2, 0.25) is 0 Å². The number of benzene rings is 1. The fourth-order valence-electron chi connectivity index (χ4n) is 1.33. The molecule has 0 atom stereocenters. The van der Waals surface area contributed by atoms with E-state index in [-0.39, 0.29) is 0 Å². The number of rotatable bonds is 2. The van der Waals surface area contributed by atoms with E-state index >= 15 is 0 Å². The molecule has 0 aromatic heterocycles. The van der Waals surface area contributed by atoms with Gasteiger partial charge in [-0.15, -0.1) is 0 Å². The SMILES string of the molecule is CC/C=C/c1c(C)cccc1C. The lowest BCUT2D eigenvalue weighted by molar-refractivity contribution is 1.23. The van der Waals surface area contributed by atoms with Gasteiger partial charge in [-0.3, -0.25) is 0 Å². The molecule has 1 aromatic rings. The maximum atomic E-state index is 2.21. The Morgan fingerprint density at radius 3 is 2.25 bits per heavy atom. The van der Waals surface area contributed by atoms with E-state index in [9.17, 15) is 0 Å². The summed E-state index contributed by atoms with van der Waals surface area (Å²) in [6.45, 7) is 6.47. The van der Waals surface area contributed by atoms with Gasteiger partial charge in [-0.1, -0.05) is 37.3 Å². The van der Waals surface area contributed by atoms with Crippen LogP contribution in [0.2, 0.25) is 0 Å². The van der Waals surface area contributed by atoms with Crippen LogP contribution in [0.25, 0.3) is 6.08 Å². The van der Waals surface area contributed by atoms with Crippen molar-refractivity contribution in [3.63, 3.8) is 0 Å². The summed E-state index contributed by atoms with van der Waals surface area (Å²) in [6.07, 6.45) is 5.52. The van der Waals surface area contributed by atoms with E-state index < -0.39 is 0 Å². The number of hydrogen-bond acceptors (Lipinski definition) is 0. The molecule has 1 aromatic carbocycles. The fourth-order valence-corrected chi connectivity index (χ4v) is 1.33. The third-order valence-electron chi connectivity index (χ3n) is 2.06. The zero-order valence-electron chi connectivity index (χ0n) is 8.09. The second-order valence-electron chi connectivity index (χ2n) is 3.12. The molecule has 0 amide bonds. The normalized spacial score (nSPS) is 10.9. The standard InChI is InChI=1S/C12H16/c1-4-5-9-12-10(2)7-6-8-11(12)3/h5-9H,4H2,1-3H3/b9-5+. The van der Waals surface area contributed by atoms with Crippen molar-refractivity contribution in [1.29, 1.82) is 0 Å². The van der Waals surface area contributed by atoms with Crippen molar-refractivity contribution < 1.29 is 0 Å². The number of hydrogen-bond donors (Lipinski definition) is 0. The van der Waals surface area contributed by atoms with Crippen LogP contribution in [-0.2, 0) is 0 Å². The summed E-state index contributed by atoms with van der Waals surface area (Å²) in [7, 11) is 0. The molecule has 12 heavy (non-hydrogen) atoms. The highest BCUT2D eigenvalue weighted by Gasteiger charge is 1.95. The quantitative estimate of drug-likeness (QED) is 0.618. The third kappa shape index (κ3) is 1.97. The highest BCUT2D eigenvalue weighted by atomic mass is 14.0. The molecule has 0 saturated heterocycles. The summed E-state index contributed by atoms with van der Waals surface area (Å²) in [4.78, 5) is 0. The van der Waals surface area contributed by atoms with E-state index in [1.54, 1.807) is 0 Å². The molecule has 0 bridgehead atoms. The maximum Gasteiger partial charge on any atom is -0.0201 e. The Labute approximate surface area is 74.9 Å². The zero-order chi connectivity index (χ0) is 8.97. The largest absolute Gasteiger partial charge is 0.0842 e. The molecule has 0 saturated carbocycles. The maximum absolute atomic E-state index is 2.21. The van der Waals surface area contributed by atoms with E-state index in [1.165, 1.54) is 16.7 Å². The molecule has 0 heterocycles. The fraction of sp³-hybridized carbons (Fsp3) is 0.333. The van der Waals surface area contributed by atoms with Gasteiger partial charge in [0.05, 0.1) is 0 Å². The van der Waals surface area contributed by atoms with Gasteiger partial charge in [-0.25, -0.2) is 0 Å². The molecule has 0 aliphatic carbocycles. The highest BCUT2D eigenvalue weighted by Crippen LogP contribution is 2.14. The first-order valence-electron chi connectivity index (χ1n) is 4.48. The van der Waals surface area contributed by atoms with Crippen LogP contribution in [0, 0.1) is 13.8 Å². The van der Waals surface area contributed by atoms with E-state index in [1.807, 2.05) is 0 Å². The molecule has 0 spiro atoms. The summed E-state index contributed by atoms with van der Waals surface area (Å²) in [6, 6.07) is 6.42. The van der Waals surface area contributed by atoms with E-state index in [0.29, 0.717) is 0 Å². The predicted molar refractivity (Wildman–Crippen MR) is 55.2 cm³/mol. The Balaban J connectivity index is 3.04. The van der Waals surface area contributed by atoms with Crippen LogP contribution in [0.3, 0.4) is 0 Å². The Kier molecular flexibility index (Phi) is 3.09. The molecule has 0 heteroatoms. The summed E-state index contributed by atoms with van der Waals surface area (Å²) in [5.74, 6) is 0. The van der Waals surface area contributed by atoms with E-state index in [2.05, 4.69) is 51.1 Å². The number of allylic oxidation sites excluding steroid dienone is 1. The van der Waals surface area contributed by atoms with Gasteiger partial charge in [0.1, 0.15) is 0 Å². The van der Waals surface area contributed by atoms with Gasteiger partial charge >= 0.3 is 0 Å². The first-order valence-corrected chi connectivity index (χ1v) is 4.48. The highest BCUT2D eigenvalue weighted by molar-refractivity contribution is 5.57. The second kappa shape index (κ2) is 4.10. The van der Waals surface area contributed by atoms with Crippen LogP contribution < -0.4 is 0 Å². The Bertz CT molecular complexity index is 262. The molecule has 1 rings (SSSR count). The Morgan fingerprint density at radius 1 is 1.17 bits per heavy atom. The van der Waals surface area contributed by atoms with Crippen LogP contribution in [0.4, 0.5) is 0 Å². The second-order valence-corrected chi connectivity index (χ2v) is 3.12. The smallest absolute Gasteiger partial charge is 0.0201 e. The van der Waals surface area contributed by atoms with Crippen LogP contribution in [0.5, 0.6) is 0 Å². The van der Waals surface area contributed by atoms with Gasteiger partial charge in [0, 0.05) is 0 Å². The van der Waals surface area contributed by atoms with E-state index in [0.717, 1.165) is 6.42 Å². The van der Waals surface area contributed by atoms with Crippen molar-refractivity contribution in [2.45, 2.75) is 27.2 Å². The molecular formula is C12H16. The summed E-state index contributed by atoms with van der Waals surface area (Å²) >= 11 is 0. The zero-order valence-corrected chi connectivity index (χ0v) is 8.09. The van der Waals surface area contributed by atoms with Gasteiger partial charge in [-0.2, -0.15) is 0 Å². The summed E-state index contributed by atoms with van der Waals surface area (Å²) in [5, 5.41) is 0. The Morgan fingerprint density at radius 2 is 1.75 bits per heavy atom. The minimum absolute atomic E-state index is 1.10. The molecule has 0 N–H and O–H groups in total. The molecule has 64 valence electrons. The van der Waals surface area contributed by atoms with Crippen LogP contribution in [0.15, 0.2) is 24.3 Å². The van der Waals surface area contributed by atoms with Gasteiger partial charge in [0.25, 0.3) is 0 Å². The molecule has 0 unspecified atom stereocenters. The third-order valence-corrected chi connectivity index (χ3v) is 2.06. The van der Waals surface area contributed by atoms with Crippen molar-refractivity contribution >= 4 is 6.08 Å². The first-order chi connectivity index (χ1) is 5.75. The summed E-state index contributed by atoms with van der Waals surface area (Å²) < 4.78 is 0. The van der Waals surface area contributed by atoms with Crippen molar-refractivity contribution in [2.75, 3.05) is 0 Å². The molecule has 0 aliphatic heterocycles. The van der Waals surface area contributed by atoms with Gasteiger partial charge < -0.3 is 0 Å². The summed E-state index contributed by atoms with van der Waals surface area (Å²) in [5.41, 5.74) is 4.10. The van der Waals surface area contributed by atoms with Crippen LogP contribution in [0.1, 0.15) is 30.0 Å². The molecule has 0 radical (unpaired) electrons. The van der Waals surface area contributed by atoms with Crippen molar-refractivity contribution in [3.8, 4) is 0 Å². The van der Waals surface area contributed by atoms with Gasteiger partial charge in [-0.05, 0) is 37.0 Å². The molecule has 0 aliphatic rings. The Hall–Kier alpha value is -1.04. The van der Waals surface area contributed by atoms with Gasteiger partial charge in [0.15, 0.2) is 0 Å². The lowest BCUT2D eigenvalue weighted by Crippen LogP contribution is -1.84. The first kappa shape index (κ1) is 9.05. The monoisotopic (exact) mass is 160 g/mol. The minimum atomic E-state index is 1.10. The molecule has 0 fully saturated rings. The van der Waals surface area contributed by atoms with Crippen molar-refractivity contribution in [2.24, 2.45) is 0 Å². The average Bonchev–Trinajstić information content (AvgIpc) is 2.04. The lowest BCUT2D eigenvalue weighted by atomic mass is 10.0. The predicted octanol–water partition coefficient (Wildman–Crippen LogP) is 3.73. The minimum Gasteiger partial charge on any atom is -0.0842 e. The number of aryl methyl sites for hydroxylation is 2. The van der Waals surface area contributed by atoms with E-state index in [4.69, 9.17) is 0 Å². The van der Waals surface area contributed by atoms with Crippen LogP contribution >= 0.6 is 0 Å².